The quantitative estimate of drug-likeness (QED) is 0.715. The van der Waals surface area contributed by atoms with Crippen molar-refractivity contribution in [3.8, 4) is 0 Å². The fourth-order valence-corrected chi connectivity index (χ4v) is 2.04. The van der Waals surface area contributed by atoms with Crippen LogP contribution in [-0.2, 0) is 0 Å². The molecule has 2 aromatic carbocycles. The van der Waals surface area contributed by atoms with Crippen molar-refractivity contribution in [2.45, 2.75) is 12.2 Å². The average molecular weight is 271 g/mol. The lowest BCUT2D eigenvalue weighted by molar-refractivity contribution is 0.0239. The molecule has 0 radical (unpaired) electrons. The van der Waals surface area contributed by atoms with Crippen molar-refractivity contribution in [2.75, 3.05) is 6.54 Å². The second kappa shape index (κ2) is 6.43. The van der Waals surface area contributed by atoms with Gasteiger partial charge in [-0.05, 0) is 5.56 Å². The molecule has 0 aliphatic carbocycles. The normalized spacial score (nSPS) is 13.8. The molecule has 4 nitrogen and oxygen atoms in total. The number of carbonyl (C=O) groups is 1. The van der Waals surface area contributed by atoms with E-state index in [9.17, 15) is 15.0 Å². The van der Waals surface area contributed by atoms with E-state index in [0.717, 1.165) is 0 Å². The summed E-state index contributed by atoms with van der Waals surface area (Å²) < 4.78 is 0. The summed E-state index contributed by atoms with van der Waals surface area (Å²) >= 11 is 0. The van der Waals surface area contributed by atoms with Crippen LogP contribution in [0.5, 0.6) is 0 Å². The van der Waals surface area contributed by atoms with Crippen LogP contribution < -0.4 is 5.73 Å². The average Bonchev–Trinajstić information content (AvgIpc) is 2.53. The zero-order valence-electron chi connectivity index (χ0n) is 10.9. The van der Waals surface area contributed by atoms with Crippen LogP contribution in [0.2, 0.25) is 0 Å². The van der Waals surface area contributed by atoms with Gasteiger partial charge in [0.05, 0.1) is 6.10 Å². The van der Waals surface area contributed by atoms with Gasteiger partial charge < -0.3 is 15.9 Å². The molecule has 2 rings (SSSR count). The van der Waals surface area contributed by atoms with Gasteiger partial charge in [0.25, 0.3) is 0 Å². The lowest BCUT2D eigenvalue weighted by Crippen LogP contribution is -2.28. The molecule has 0 fully saturated rings. The smallest absolute Gasteiger partial charge is 0.193 e. The molecule has 0 aliphatic heterocycles. The summed E-state index contributed by atoms with van der Waals surface area (Å²) in [6, 6.07) is 15.5. The number of hydrogen-bond acceptors (Lipinski definition) is 4. The molecular formula is C16H17NO3. The lowest BCUT2D eigenvalue weighted by atomic mass is 9.93. The van der Waals surface area contributed by atoms with E-state index in [4.69, 9.17) is 5.73 Å². The summed E-state index contributed by atoms with van der Waals surface area (Å²) in [5.74, 6) is -0.190. The van der Waals surface area contributed by atoms with E-state index < -0.39 is 12.2 Å². The van der Waals surface area contributed by atoms with Gasteiger partial charge in [-0.15, -0.1) is 0 Å². The van der Waals surface area contributed by atoms with Crippen LogP contribution in [0.1, 0.15) is 27.6 Å². The van der Waals surface area contributed by atoms with Crippen LogP contribution in [0.15, 0.2) is 54.6 Å². The van der Waals surface area contributed by atoms with Gasteiger partial charge in [0, 0.05) is 17.7 Å². The molecule has 0 heterocycles. The van der Waals surface area contributed by atoms with E-state index in [1.54, 1.807) is 48.5 Å². The van der Waals surface area contributed by atoms with Gasteiger partial charge in [-0.2, -0.15) is 0 Å². The van der Waals surface area contributed by atoms with Gasteiger partial charge in [-0.3, -0.25) is 4.79 Å². The van der Waals surface area contributed by atoms with Crippen LogP contribution in [0.3, 0.4) is 0 Å². The second-order valence-electron chi connectivity index (χ2n) is 4.53. The van der Waals surface area contributed by atoms with Gasteiger partial charge in [-0.25, -0.2) is 0 Å². The Morgan fingerprint density at radius 3 is 2.25 bits per heavy atom. The van der Waals surface area contributed by atoms with E-state index in [-0.39, 0.29) is 12.3 Å². The van der Waals surface area contributed by atoms with E-state index in [1.807, 2.05) is 6.07 Å². The van der Waals surface area contributed by atoms with Gasteiger partial charge in [0.1, 0.15) is 6.10 Å². The Hall–Kier alpha value is -2.01. The highest BCUT2D eigenvalue weighted by molar-refractivity contribution is 6.09. The van der Waals surface area contributed by atoms with Crippen LogP contribution in [0.4, 0.5) is 0 Å². The van der Waals surface area contributed by atoms with Crippen molar-refractivity contribution in [1.82, 2.24) is 0 Å². The van der Waals surface area contributed by atoms with Crippen LogP contribution in [0, 0.1) is 0 Å². The maximum atomic E-state index is 12.5. The molecule has 0 amide bonds. The van der Waals surface area contributed by atoms with E-state index in [2.05, 4.69) is 0 Å². The topological polar surface area (TPSA) is 83.6 Å². The van der Waals surface area contributed by atoms with Crippen LogP contribution in [0.25, 0.3) is 0 Å². The number of aliphatic hydroxyl groups excluding tert-OH is 2. The van der Waals surface area contributed by atoms with Crippen molar-refractivity contribution in [3.63, 3.8) is 0 Å². The molecule has 104 valence electrons. The molecule has 0 saturated heterocycles. The fourth-order valence-electron chi connectivity index (χ4n) is 2.04. The molecule has 0 saturated carbocycles. The summed E-state index contributed by atoms with van der Waals surface area (Å²) in [5.41, 5.74) is 6.65. The minimum absolute atomic E-state index is 0.0744. The molecule has 0 spiro atoms. The van der Waals surface area contributed by atoms with Gasteiger partial charge in [0.2, 0.25) is 0 Å². The number of ketones is 1. The lowest BCUT2D eigenvalue weighted by Gasteiger charge is -2.19. The summed E-state index contributed by atoms with van der Waals surface area (Å²) in [6.45, 7) is -0.0744. The third-order valence-corrected chi connectivity index (χ3v) is 3.17. The number of carbonyl (C=O) groups excluding carboxylic acids is 1. The largest absolute Gasteiger partial charge is 0.389 e. The summed E-state index contributed by atoms with van der Waals surface area (Å²) in [5, 5.41) is 19.8. The van der Waals surface area contributed by atoms with E-state index in [1.165, 1.54) is 0 Å². The first kappa shape index (κ1) is 14.4. The third kappa shape index (κ3) is 2.93. The van der Waals surface area contributed by atoms with Crippen LogP contribution in [-0.4, -0.2) is 28.6 Å². The molecule has 0 aromatic heterocycles. The first-order valence-electron chi connectivity index (χ1n) is 6.40. The molecule has 4 N–H and O–H groups in total. The fraction of sp³-hybridized carbons (Fsp3) is 0.188. The van der Waals surface area contributed by atoms with Gasteiger partial charge >= 0.3 is 0 Å². The monoisotopic (exact) mass is 271 g/mol. The Labute approximate surface area is 117 Å². The number of nitrogens with two attached hydrogens (primary N) is 1. The minimum atomic E-state index is -1.18. The van der Waals surface area contributed by atoms with Crippen LogP contribution >= 0.6 is 0 Å². The Morgan fingerprint density at radius 1 is 1.00 bits per heavy atom. The number of rotatable bonds is 5. The Balaban J connectivity index is 2.40. The highest BCUT2D eigenvalue weighted by atomic mass is 16.3. The number of hydrogen-bond donors (Lipinski definition) is 3. The maximum Gasteiger partial charge on any atom is 0.193 e. The highest BCUT2D eigenvalue weighted by Gasteiger charge is 2.22. The Morgan fingerprint density at radius 2 is 1.60 bits per heavy atom. The SMILES string of the molecule is NCC(O)C(O)c1ccccc1C(=O)c1ccccc1. The minimum Gasteiger partial charge on any atom is -0.389 e. The third-order valence-electron chi connectivity index (χ3n) is 3.17. The van der Waals surface area contributed by atoms with E-state index in [0.29, 0.717) is 16.7 Å². The number of aliphatic hydroxyl groups is 2. The van der Waals surface area contributed by atoms with E-state index >= 15 is 0 Å². The summed E-state index contributed by atoms with van der Waals surface area (Å²) in [4.78, 5) is 12.5. The second-order valence-corrected chi connectivity index (χ2v) is 4.53. The predicted octanol–water partition coefficient (Wildman–Crippen LogP) is 1.27. The molecular weight excluding hydrogens is 254 g/mol. The zero-order valence-corrected chi connectivity index (χ0v) is 10.9. The first-order valence-corrected chi connectivity index (χ1v) is 6.40. The molecule has 2 aromatic rings. The summed E-state index contributed by atoms with van der Waals surface area (Å²) in [7, 11) is 0. The molecule has 4 heteroatoms. The maximum absolute atomic E-state index is 12.5. The summed E-state index contributed by atoms with van der Waals surface area (Å²) in [6.07, 6.45) is -2.27. The van der Waals surface area contributed by atoms with Crippen molar-refractivity contribution < 1.29 is 15.0 Å². The zero-order chi connectivity index (χ0) is 14.5. The molecule has 0 aliphatic rings. The van der Waals surface area contributed by atoms with Gasteiger partial charge in [0.15, 0.2) is 5.78 Å². The van der Waals surface area contributed by atoms with Gasteiger partial charge in [-0.1, -0.05) is 54.6 Å². The Kier molecular flexibility index (Phi) is 4.63. The predicted molar refractivity (Wildman–Crippen MR) is 76.3 cm³/mol. The highest BCUT2D eigenvalue weighted by Crippen LogP contribution is 2.23. The molecule has 2 atom stereocenters. The molecule has 20 heavy (non-hydrogen) atoms. The molecule has 2 unspecified atom stereocenters. The Bertz CT molecular complexity index is 583. The first-order chi connectivity index (χ1) is 9.65. The molecule has 0 bridgehead atoms. The van der Waals surface area contributed by atoms with Crippen molar-refractivity contribution in [2.24, 2.45) is 5.73 Å². The standard InChI is InChI=1S/C16H17NO3/c17-10-14(18)16(20)13-9-5-4-8-12(13)15(19)11-6-2-1-3-7-11/h1-9,14,16,18,20H,10,17H2. The van der Waals surface area contributed by atoms with Crippen molar-refractivity contribution >= 4 is 5.78 Å². The van der Waals surface area contributed by atoms with Crippen molar-refractivity contribution in [3.05, 3.63) is 71.3 Å². The number of benzene rings is 2. The van der Waals surface area contributed by atoms with Crippen molar-refractivity contribution in [1.29, 1.82) is 0 Å².